The van der Waals surface area contributed by atoms with Crippen LogP contribution in [0.15, 0.2) is 35.2 Å². The number of aliphatic hydroxyl groups excluding tert-OH is 3. The number of aliphatic hydroxyl groups is 3. The molecule has 0 bridgehead atoms. The lowest BCUT2D eigenvalue weighted by Gasteiger charge is -2.24. The van der Waals surface area contributed by atoms with Crippen molar-refractivity contribution in [3.63, 3.8) is 0 Å². The van der Waals surface area contributed by atoms with Gasteiger partial charge in [0, 0.05) is 34.6 Å². The molecular formula is C21H29ClN2O6S. The Morgan fingerprint density at radius 1 is 1.45 bits per heavy atom. The van der Waals surface area contributed by atoms with Gasteiger partial charge in [0.05, 0.1) is 24.5 Å². The number of benzene rings is 1. The number of methoxy groups -OCH3 is 1. The standard InChI is InChI=1S/C21H29ClN2O6S/c1-21(2,11-25)7-6-13(26)9-16(27)18(30-3)20(29)24-15-10-31-17-8-12(22)4-5-14(17)23-19(15)28/h4-8,13,15-16,18,25-27H,9-11H2,1-3H3,(H,23,28)(H,24,29)/b7-6+/t13-,15-,16+,18+/m0/s1. The molecule has 5 N–H and O–H groups in total. The Morgan fingerprint density at radius 2 is 2.16 bits per heavy atom. The van der Waals surface area contributed by atoms with Crippen LogP contribution in [0.3, 0.4) is 0 Å². The normalized spacial score (nSPS) is 19.8. The first-order chi connectivity index (χ1) is 14.6. The number of hydrogen-bond acceptors (Lipinski definition) is 7. The molecule has 1 aliphatic rings. The van der Waals surface area contributed by atoms with E-state index in [1.54, 1.807) is 38.1 Å². The Labute approximate surface area is 191 Å². The highest BCUT2D eigenvalue weighted by atomic mass is 35.5. The fraction of sp³-hybridized carbons (Fsp3) is 0.524. The first kappa shape index (κ1) is 25.6. The maximum atomic E-state index is 12.7. The molecule has 8 nitrogen and oxygen atoms in total. The van der Waals surface area contributed by atoms with Crippen LogP contribution in [0.25, 0.3) is 0 Å². The lowest BCUT2D eigenvalue weighted by atomic mass is 9.93. The van der Waals surface area contributed by atoms with Crippen molar-refractivity contribution in [3.8, 4) is 0 Å². The van der Waals surface area contributed by atoms with Crippen molar-refractivity contribution in [1.82, 2.24) is 5.32 Å². The summed E-state index contributed by atoms with van der Waals surface area (Å²) in [5, 5.41) is 35.7. The molecule has 0 saturated heterocycles. The van der Waals surface area contributed by atoms with Crippen LogP contribution >= 0.6 is 23.4 Å². The molecule has 0 fully saturated rings. The Hall–Kier alpha value is -1.62. The van der Waals surface area contributed by atoms with Crippen LogP contribution < -0.4 is 10.6 Å². The van der Waals surface area contributed by atoms with Gasteiger partial charge >= 0.3 is 0 Å². The molecule has 1 aromatic carbocycles. The number of halogens is 1. The van der Waals surface area contributed by atoms with Gasteiger partial charge in [-0.05, 0) is 18.2 Å². The fourth-order valence-corrected chi connectivity index (χ4v) is 4.16. The largest absolute Gasteiger partial charge is 0.395 e. The van der Waals surface area contributed by atoms with Crippen LogP contribution in [0.2, 0.25) is 5.02 Å². The minimum absolute atomic E-state index is 0.0978. The highest BCUT2D eigenvalue weighted by molar-refractivity contribution is 7.99. The van der Waals surface area contributed by atoms with E-state index in [9.17, 15) is 24.9 Å². The van der Waals surface area contributed by atoms with Gasteiger partial charge in [0.2, 0.25) is 5.91 Å². The number of nitrogens with one attached hydrogen (secondary N) is 2. The molecule has 2 rings (SSSR count). The average molecular weight is 473 g/mol. The van der Waals surface area contributed by atoms with Crippen LogP contribution in [-0.2, 0) is 14.3 Å². The molecule has 0 spiro atoms. The van der Waals surface area contributed by atoms with E-state index in [4.69, 9.17) is 16.3 Å². The summed E-state index contributed by atoms with van der Waals surface area (Å²) >= 11 is 7.37. The second kappa shape index (κ2) is 11.3. The SMILES string of the molecule is CO[C@@H](C(=O)N[C@H]1CSc2cc(Cl)ccc2NC1=O)[C@H](O)C[C@@H](O)/C=C/C(C)(C)CO. The molecule has 0 saturated carbocycles. The van der Waals surface area contributed by atoms with Gasteiger partial charge in [0.1, 0.15) is 6.04 Å². The monoisotopic (exact) mass is 472 g/mol. The maximum Gasteiger partial charge on any atom is 0.252 e. The summed E-state index contributed by atoms with van der Waals surface area (Å²) in [5.74, 6) is -0.772. The number of thioether (sulfide) groups is 1. The van der Waals surface area contributed by atoms with Gasteiger partial charge in [-0.2, -0.15) is 0 Å². The Bertz CT molecular complexity index is 819. The van der Waals surface area contributed by atoms with E-state index in [0.29, 0.717) is 10.7 Å². The van der Waals surface area contributed by atoms with Crippen LogP contribution in [-0.4, -0.2) is 71.0 Å². The first-order valence-electron chi connectivity index (χ1n) is 9.79. The Morgan fingerprint density at radius 3 is 2.81 bits per heavy atom. The lowest BCUT2D eigenvalue weighted by Crippen LogP contribution is -2.52. The summed E-state index contributed by atoms with van der Waals surface area (Å²) in [6.45, 7) is 3.49. The summed E-state index contributed by atoms with van der Waals surface area (Å²) in [6.07, 6.45) is -0.668. The van der Waals surface area contributed by atoms with E-state index in [-0.39, 0.29) is 24.7 Å². The highest BCUT2D eigenvalue weighted by Gasteiger charge is 2.32. The third-order valence-corrected chi connectivity index (χ3v) is 6.15. The zero-order chi connectivity index (χ0) is 23.2. The molecule has 172 valence electrons. The number of fused-ring (bicyclic) bond motifs is 1. The van der Waals surface area contributed by atoms with Gasteiger partial charge < -0.3 is 30.7 Å². The predicted octanol–water partition coefficient (Wildman–Crippen LogP) is 1.57. The number of hydrogen-bond donors (Lipinski definition) is 5. The molecule has 0 aliphatic carbocycles. The summed E-state index contributed by atoms with van der Waals surface area (Å²) in [4.78, 5) is 26.0. The predicted molar refractivity (Wildman–Crippen MR) is 120 cm³/mol. The van der Waals surface area contributed by atoms with Crippen LogP contribution in [0.4, 0.5) is 5.69 Å². The summed E-state index contributed by atoms with van der Waals surface area (Å²) in [6, 6.07) is 4.25. The Balaban J connectivity index is 1.98. The van der Waals surface area contributed by atoms with E-state index >= 15 is 0 Å². The molecule has 4 atom stereocenters. The van der Waals surface area contributed by atoms with Crippen molar-refractivity contribution in [3.05, 3.63) is 35.4 Å². The Kier molecular flexibility index (Phi) is 9.35. The molecule has 0 aromatic heterocycles. The molecule has 1 aromatic rings. The number of anilines is 1. The third-order valence-electron chi connectivity index (χ3n) is 4.76. The lowest BCUT2D eigenvalue weighted by molar-refractivity contribution is -0.141. The third kappa shape index (κ3) is 7.48. The summed E-state index contributed by atoms with van der Waals surface area (Å²) in [5.41, 5.74) is 0.0937. The first-order valence-corrected chi connectivity index (χ1v) is 11.2. The van der Waals surface area contributed by atoms with Gasteiger partial charge in [-0.3, -0.25) is 9.59 Å². The van der Waals surface area contributed by atoms with Crippen LogP contribution in [0.5, 0.6) is 0 Å². The summed E-state index contributed by atoms with van der Waals surface area (Å²) in [7, 11) is 1.27. The smallest absolute Gasteiger partial charge is 0.252 e. The maximum absolute atomic E-state index is 12.7. The molecule has 31 heavy (non-hydrogen) atoms. The topological polar surface area (TPSA) is 128 Å². The molecule has 0 unspecified atom stereocenters. The van der Waals surface area contributed by atoms with Crippen molar-refractivity contribution in [2.24, 2.45) is 5.41 Å². The number of carbonyl (C=O) groups excluding carboxylic acids is 2. The molecule has 1 aliphatic heterocycles. The van der Waals surface area contributed by atoms with E-state index < -0.39 is 35.7 Å². The number of carbonyl (C=O) groups is 2. The van der Waals surface area contributed by atoms with Gasteiger partial charge in [-0.25, -0.2) is 0 Å². The van der Waals surface area contributed by atoms with Crippen molar-refractivity contribution >= 4 is 40.9 Å². The molecular weight excluding hydrogens is 444 g/mol. The van der Waals surface area contributed by atoms with Gasteiger partial charge in [0.25, 0.3) is 5.91 Å². The van der Waals surface area contributed by atoms with E-state index in [1.165, 1.54) is 24.9 Å². The van der Waals surface area contributed by atoms with Crippen LogP contribution in [0.1, 0.15) is 20.3 Å². The number of rotatable bonds is 9. The van der Waals surface area contributed by atoms with E-state index in [2.05, 4.69) is 10.6 Å². The highest BCUT2D eigenvalue weighted by Crippen LogP contribution is 2.33. The van der Waals surface area contributed by atoms with Gasteiger partial charge in [0.15, 0.2) is 6.10 Å². The second-order valence-corrected chi connectivity index (χ2v) is 9.53. The van der Waals surface area contributed by atoms with Crippen molar-refractivity contribution in [2.45, 2.75) is 49.5 Å². The molecule has 0 radical (unpaired) electrons. The fourth-order valence-electron chi connectivity index (χ4n) is 2.86. The van der Waals surface area contributed by atoms with Crippen molar-refractivity contribution < 1.29 is 29.6 Å². The molecule has 2 amide bonds. The molecule has 1 heterocycles. The van der Waals surface area contributed by atoms with E-state index in [0.717, 1.165) is 4.90 Å². The minimum Gasteiger partial charge on any atom is -0.395 e. The average Bonchev–Trinajstić information content (AvgIpc) is 2.86. The number of amides is 2. The zero-order valence-corrected chi connectivity index (χ0v) is 19.2. The summed E-state index contributed by atoms with van der Waals surface area (Å²) < 4.78 is 5.13. The minimum atomic E-state index is -1.31. The quantitative estimate of drug-likeness (QED) is 0.345. The van der Waals surface area contributed by atoms with Crippen LogP contribution in [0, 0.1) is 5.41 Å². The zero-order valence-electron chi connectivity index (χ0n) is 17.7. The van der Waals surface area contributed by atoms with E-state index in [1.807, 2.05) is 0 Å². The molecule has 10 heteroatoms. The second-order valence-electron chi connectivity index (χ2n) is 8.03. The van der Waals surface area contributed by atoms with Gasteiger partial charge in [-0.1, -0.05) is 37.6 Å². The van der Waals surface area contributed by atoms with Crippen molar-refractivity contribution in [2.75, 3.05) is 24.8 Å². The number of ether oxygens (including phenoxy) is 1. The van der Waals surface area contributed by atoms with Crippen molar-refractivity contribution in [1.29, 1.82) is 0 Å². The van der Waals surface area contributed by atoms with Gasteiger partial charge in [-0.15, -0.1) is 11.8 Å².